The Morgan fingerprint density at radius 2 is 1.59 bits per heavy atom. The molecule has 0 aromatic heterocycles. The van der Waals surface area contributed by atoms with Crippen molar-refractivity contribution in [2.75, 3.05) is 20.3 Å². The number of hydrogen-bond acceptors (Lipinski definition) is 3. The second-order valence-corrected chi connectivity index (χ2v) is 5.23. The predicted octanol–water partition coefficient (Wildman–Crippen LogP) is 1.06. The number of carbonyl (C=O) groups excluding carboxylic acids is 1. The van der Waals surface area contributed by atoms with Crippen LogP contribution in [0.25, 0.3) is 0 Å². The third-order valence-corrected chi connectivity index (χ3v) is 4.07. The van der Waals surface area contributed by atoms with Gasteiger partial charge in [0, 0.05) is 31.2 Å². The van der Waals surface area contributed by atoms with Gasteiger partial charge in [-0.3, -0.25) is 4.79 Å². The molecule has 2 aliphatic rings. The van der Waals surface area contributed by atoms with E-state index in [0.29, 0.717) is 12.1 Å². The summed E-state index contributed by atoms with van der Waals surface area (Å²) in [6.45, 7) is 1.48. The Balaban J connectivity index is 1.71. The van der Waals surface area contributed by atoms with Crippen LogP contribution in [0.2, 0.25) is 0 Å². The Labute approximate surface area is 103 Å². The number of amides is 1. The van der Waals surface area contributed by atoms with E-state index in [4.69, 9.17) is 4.74 Å². The molecule has 0 radical (unpaired) electrons. The molecule has 2 N–H and O–H groups in total. The third kappa shape index (κ3) is 3.68. The topological polar surface area (TPSA) is 50.4 Å². The van der Waals surface area contributed by atoms with Gasteiger partial charge < -0.3 is 15.4 Å². The van der Waals surface area contributed by atoms with Crippen molar-refractivity contribution in [3.63, 3.8) is 0 Å². The maximum Gasteiger partial charge on any atom is 0.223 e. The first-order valence-electron chi connectivity index (χ1n) is 6.85. The van der Waals surface area contributed by atoms with E-state index in [9.17, 15) is 4.79 Å². The number of carbonyl (C=O) groups is 1. The molecular formula is C13H24N2O2. The Bertz CT molecular complexity index is 244. The third-order valence-electron chi connectivity index (χ3n) is 4.07. The summed E-state index contributed by atoms with van der Waals surface area (Å²) in [5, 5.41) is 6.52. The van der Waals surface area contributed by atoms with Crippen molar-refractivity contribution in [3.8, 4) is 0 Å². The van der Waals surface area contributed by atoms with E-state index in [-0.39, 0.29) is 11.8 Å². The van der Waals surface area contributed by atoms with Crippen molar-refractivity contribution in [3.05, 3.63) is 0 Å². The Kier molecular flexibility index (Phi) is 4.80. The lowest BCUT2D eigenvalue weighted by atomic mass is 9.90. The fraction of sp³-hybridized carbons (Fsp3) is 0.923. The van der Waals surface area contributed by atoms with E-state index in [0.717, 1.165) is 38.9 Å². The van der Waals surface area contributed by atoms with E-state index in [1.165, 1.54) is 12.8 Å². The standard InChI is InChI=1S/C13H24N2O2/c1-14-11-2-4-12(5-3-11)15-13(16)10-6-8-17-9-7-10/h10-12,14H,2-9H2,1H3,(H,15,16). The Morgan fingerprint density at radius 1 is 1.00 bits per heavy atom. The van der Waals surface area contributed by atoms with Crippen LogP contribution < -0.4 is 10.6 Å². The van der Waals surface area contributed by atoms with Crippen molar-refractivity contribution in [1.82, 2.24) is 10.6 Å². The molecule has 1 saturated carbocycles. The van der Waals surface area contributed by atoms with Crippen LogP contribution in [0, 0.1) is 5.92 Å². The maximum absolute atomic E-state index is 12.0. The smallest absolute Gasteiger partial charge is 0.223 e. The zero-order valence-corrected chi connectivity index (χ0v) is 10.7. The molecule has 0 unspecified atom stereocenters. The molecule has 1 aliphatic carbocycles. The van der Waals surface area contributed by atoms with Gasteiger partial charge in [0.15, 0.2) is 0 Å². The normalized spacial score (nSPS) is 31.1. The summed E-state index contributed by atoms with van der Waals surface area (Å²) in [6, 6.07) is 1.04. The molecule has 4 nitrogen and oxygen atoms in total. The fourth-order valence-electron chi connectivity index (χ4n) is 2.81. The summed E-state index contributed by atoms with van der Waals surface area (Å²) >= 11 is 0. The fourth-order valence-corrected chi connectivity index (χ4v) is 2.81. The number of hydrogen-bond donors (Lipinski definition) is 2. The van der Waals surface area contributed by atoms with Gasteiger partial charge in [0.1, 0.15) is 0 Å². The molecule has 4 heteroatoms. The highest BCUT2D eigenvalue weighted by Gasteiger charge is 2.26. The van der Waals surface area contributed by atoms with Crippen LogP contribution in [0.3, 0.4) is 0 Å². The highest BCUT2D eigenvalue weighted by molar-refractivity contribution is 5.79. The molecule has 1 saturated heterocycles. The molecule has 2 rings (SSSR count). The first-order valence-corrected chi connectivity index (χ1v) is 6.85. The van der Waals surface area contributed by atoms with Crippen molar-refractivity contribution < 1.29 is 9.53 Å². The first kappa shape index (κ1) is 12.8. The SMILES string of the molecule is CNC1CCC(NC(=O)C2CCOCC2)CC1. The van der Waals surface area contributed by atoms with Gasteiger partial charge in [-0.15, -0.1) is 0 Å². The molecule has 0 atom stereocenters. The molecule has 0 aromatic rings. The molecule has 0 aromatic carbocycles. The number of nitrogens with one attached hydrogen (secondary N) is 2. The lowest BCUT2D eigenvalue weighted by Crippen LogP contribution is -2.44. The summed E-state index contributed by atoms with van der Waals surface area (Å²) in [5.74, 6) is 0.437. The Hall–Kier alpha value is -0.610. The molecule has 0 spiro atoms. The van der Waals surface area contributed by atoms with Crippen LogP contribution in [-0.2, 0) is 9.53 Å². The van der Waals surface area contributed by atoms with Gasteiger partial charge in [0.05, 0.1) is 0 Å². The molecule has 17 heavy (non-hydrogen) atoms. The highest BCUT2D eigenvalue weighted by atomic mass is 16.5. The minimum Gasteiger partial charge on any atom is -0.381 e. The van der Waals surface area contributed by atoms with E-state index in [1.807, 2.05) is 7.05 Å². The van der Waals surface area contributed by atoms with Gasteiger partial charge in [-0.2, -0.15) is 0 Å². The van der Waals surface area contributed by atoms with Gasteiger partial charge in [-0.25, -0.2) is 0 Å². The predicted molar refractivity (Wildman–Crippen MR) is 66.8 cm³/mol. The quantitative estimate of drug-likeness (QED) is 0.775. The molecular weight excluding hydrogens is 216 g/mol. The van der Waals surface area contributed by atoms with Crippen molar-refractivity contribution >= 4 is 5.91 Å². The lowest BCUT2D eigenvalue weighted by molar-refractivity contribution is -0.128. The van der Waals surface area contributed by atoms with E-state index >= 15 is 0 Å². The number of ether oxygens (including phenoxy) is 1. The van der Waals surface area contributed by atoms with E-state index in [2.05, 4.69) is 10.6 Å². The molecule has 1 heterocycles. The van der Waals surface area contributed by atoms with Crippen LogP contribution >= 0.6 is 0 Å². The highest BCUT2D eigenvalue weighted by Crippen LogP contribution is 2.20. The lowest BCUT2D eigenvalue weighted by Gasteiger charge is -2.30. The Morgan fingerprint density at radius 3 is 2.18 bits per heavy atom. The summed E-state index contributed by atoms with van der Waals surface area (Å²) in [4.78, 5) is 12.0. The van der Waals surface area contributed by atoms with Crippen LogP contribution in [0.1, 0.15) is 38.5 Å². The summed E-state index contributed by atoms with van der Waals surface area (Å²) in [7, 11) is 2.02. The van der Waals surface area contributed by atoms with Gasteiger partial charge in [-0.1, -0.05) is 0 Å². The van der Waals surface area contributed by atoms with Crippen LogP contribution in [0.15, 0.2) is 0 Å². The molecule has 98 valence electrons. The van der Waals surface area contributed by atoms with Gasteiger partial charge in [0.25, 0.3) is 0 Å². The van der Waals surface area contributed by atoms with E-state index < -0.39 is 0 Å². The largest absolute Gasteiger partial charge is 0.381 e. The van der Waals surface area contributed by atoms with Gasteiger partial charge >= 0.3 is 0 Å². The average molecular weight is 240 g/mol. The van der Waals surface area contributed by atoms with Crippen LogP contribution in [0.5, 0.6) is 0 Å². The summed E-state index contributed by atoms with van der Waals surface area (Å²) < 4.78 is 5.28. The second-order valence-electron chi connectivity index (χ2n) is 5.23. The molecule has 0 bridgehead atoms. The molecule has 1 aliphatic heterocycles. The average Bonchev–Trinajstić information content (AvgIpc) is 2.40. The summed E-state index contributed by atoms with van der Waals surface area (Å²) in [6.07, 6.45) is 6.35. The minimum absolute atomic E-state index is 0.186. The summed E-state index contributed by atoms with van der Waals surface area (Å²) in [5.41, 5.74) is 0. The monoisotopic (exact) mass is 240 g/mol. The molecule has 2 fully saturated rings. The minimum atomic E-state index is 0.186. The zero-order chi connectivity index (χ0) is 12.1. The van der Waals surface area contributed by atoms with Crippen molar-refractivity contribution in [2.24, 2.45) is 5.92 Å². The van der Waals surface area contributed by atoms with E-state index in [1.54, 1.807) is 0 Å². The first-order chi connectivity index (χ1) is 8.29. The zero-order valence-electron chi connectivity index (χ0n) is 10.7. The second kappa shape index (κ2) is 6.36. The van der Waals surface area contributed by atoms with Gasteiger partial charge in [-0.05, 0) is 45.6 Å². The van der Waals surface area contributed by atoms with Crippen molar-refractivity contribution in [1.29, 1.82) is 0 Å². The van der Waals surface area contributed by atoms with Crippen molar-refractivity contribution in [2.45, 2.75) is 50.6 Å². The van der Waals surface area contributed by atoms with Crippen LogP contribution in [0.4, 0.5) is 0 Å². The van der Waals surface area contributed by atoms with Gasteiger partial charge in [0.2, 0.25) is 5.91 Å². The number of rotatable bonds is 3. The van der Waals surface area contributed by atoms with Crippen LogP contribution in [-0.4, -0.2) is 38.3 Å². The maximum atomic E-state index is 12.0. The molecule has 1 amide bonds.